The van der Waals surface area contributed by atoms with Gasteiger partial charge in [-0.2, -0.15) is 0 Å². The Bertz CT molecular complexity index is 924. The molecule has 1 N–H and O–H groups in total. The molecular weight excluding hydrogens is 346 g/mol. The maximum atomic E-state index is 11.9. The van der Waals surface area contributed by atoms with Gasteiger partial charge < -0.3 is 9.57 Å². The zero-order valence-corrected chi connectivity index (χ0v) is 14.0. The molecule has 3 aromatic rings. The molecule has 7 nitrogen and oxygen atoms in total. The maximum Gasteiger partial charge on any atom is 0.412 e. The van der Waals surface area contributed by atoms with E-state index >= 15 is 0 Å². The molecule has 8 heteroatoms. The summed E-state index contributed by atoms with van der Waals surface area (Å²) in [6.45, 7) is 1.42. The standard InChI is InChI=1S/C17H14ClN3O4/c1-11(22)25-21-9-13-7-16(14(18)8-15(13)20-21)19-17(23)24-10-12-5-3-2-4-6-12/h2-9H,10H2,1H3,(H,19,23). The molecule has 128 valence electrons. The molecule has 3 rings (SSSR count). The van der Waals surface area contributed by atoms with E-state index in [1.807, 2.05) is 30.3 Å². The molecule has 0 fully saturated rings. The largest absolute Gasteiger partial charge is 0.444 e. The van der Waals surface area contributed by atoms with Crippen molar-refractivity contribution in [2.24, 2.45) is 0 Å². The normalized spacial score (nSPS) is 10.5. The highest BCUT2D eigenvalue weighted by Gasteiger charge is 2.11. The molecule has 0 aliphatic rings. The van der Waals surface area contributed by atoms with Crippen molar-refractivity contribution in [2.45, 2.75) is 13.5 Å². The Morgan fingerprint density at radius 2 is 2.00 bits per heavy atom. The van der Waals surface area contributed by atoms with Crippen molar-refractivity contribution in [1.29, 1.82) is 0 Å². The zero-order valence-electron chi connectivity index (χ0n) is 13.2. The Hall–Kier alpha value is -3.06. The summed E-state index contributed by atoms with van der Waals surface area (Å²) in [6.07, 6.45) is 0.880. The third-order valence-electron chi connectivity index (χ3n) is 3.24. The molecule has 0 atom stereocenters. The van der Waals surface area contributed by atoms with E-state index in [4.69, 9.17) is 21.2 Å². The van der Waals surface area contributed by atoms with Crippen LogP contribution in [0.1, 0.15) is 12.5 Å². The molecule has 1 amide bonds. The molecule has 0 saturated carbocycles. The number of hydrogen-bond donors (Lipinski definition) is 1. The van der Waals surface area contributed by atoms with Crippen molar-refractivity contribution in [3.63, 3.8) is 0 Å². The number of fused-ring (bicyclic) bond motifs is 1. The van der Waals surface area contributed by atoms with Gasteiger partial charge >= 0.3 is 12.1 Å². The number of amides is 1. The van der Waals surface area contributed by atoms with Crippen LogP contribution in [-0.2, 0) is 16.1 Å². The highest BCUT2D eigenvalue weighted by atomic mass is 35.5. The second-order valence-corrected chi connectivity index (χ2v) is 5.60. The molecule has 2 aromatic carbocycles. The summed E-state index contributed by atoms with van der Waals surface area (Å²) in [5.41, 5.74) is 1.77. The van der Waals surface area contributed by atoms with Gasteiger partial charge in [-0.1, -0.05) is 46.8 Å². The zero-order chi connectivity index (χ0) is 17.8. The molecule has 25 heavy (non-hydrogen) atoms. The number of nitrogens with zero attached hydrogens (tertiary/aromatic N) is 2. The van der Waals surface area contributed by atoms with E-state index < -0.39 is 12.1 Å². The topological polar surface area (TPSA) is 82.5 Å². The van der Waals surface area contributed by atoms with Crippen molar-refractivity contribution in [3.05, 3.63) is 59.2 Å². The summed E-state index contributed by atoms with van der Waals surface area (Å²) in [7, 11) is 0. The number of aromatic nitrogens is 2. The number of halogens is 1. The number of carbonyl (C=O) groups is 2. The van der Waals surface area contributed by atoms with Crippen molar-refractivity contribution in [2.75, 3.05) is 5.32 Å². The Morgan fingerprint density at radius 1 is 1.24 bits per heavy atom. The number of anilines is 1. The molecule has 0 aliphatic heterocycles. The average molecular weight is 360 g/mol. The molecule has 0 unspecified atom stereocenters. The number of rotatable bonds is 4. The number of ether oxygens (including phenoxy) is 1. The SMILES string of the molecule is CC(=O)On1cc2cc(NC(=O)OCc3ccccc3)c(Cl)cc2n1. The summed E-state index contributed by atoms with van der Waals surface area (Å²) < 4.78 is 5.16. The third-order valence-corrected chi connectivity index (χ3v) is 3.56. The van der Waals surface area contributed by atoms with Gasteiger partial charge in [-0.15, -0.1) is 5.10 Å². The van der Waals surface area contributed by atoms with Crippen LogP contribution in [0.25, 0.3) is 10.9 Å². The van der Waals surface area contributed by atoms with Crippen LogP contribution in [0.4, 0.5) is 10.5 Å². The summed E-state index contributed by atoms with van der Waals surface area (Å²) in [5, 5.41) is 7.57. The fourth-order valence-corrected chi connectivity index (χ4v) is 2.37. The first-order valence-electron chi connectivity index (χ1n) is 7.37. The molecule has 0 spiro atoms. The van der Waals surface area contributed by atoms with Gasteiger partial charge in [-0.25, -0.2) is 9.59 Å². The third kappa shape index (κ3) is 4.27. The van der Waals surface area contributed by atoms with Gasteiger partial charge in [-0.05, 0) is 17.7 Å². The molecule has 1 heterocycles. The van der Waals surface area contributed by atoms with Crippen LogP contribution in [-0.4, -0.2) is 22.0 Å². The number of benzene rings is 2. The fourth-order valence-electron chi connectivity index (χ4n) is 2.17. The first-order chi connectivity index (χ1) is 12.0. The number of nitrogens with one attached hydrogen (secondary N) is 1. The van der Waals surface area contributed by atoms with E-state index in [1.165, 1.54) is 13.1 Å². The van der Waals surface area contributed by atoms with E-state index in [1.54, 1.807) is 12.1 Å². The van der Waals surface area contributed by atoms with E-state index in [0.717, 1.165) is 10.4 Å². The minimum absolute atomic E-state index is 0.150. The lowest BCUT2D eigenvalue weighted by atomic mass is 10.2. The van der Waals surface area contributed by atoms with Crippen molar-refractivity contribution in [3.8, 4) is 0 Å². The molecular formula is C17H14ClN3O4. The van der Waals surface area contributed by atoms with Gasteiger partial charge in [0.1, 0.15) is 6.61 Å². The summed E-state index contributed by atoms with van der Waals surface area (Å²) in [5.74, 6) is -0.498. The van der Waals surface area contributed by atoms with Crippen LogP contribution >= 0.6 is 11.6 Å². The first kappa shape index (κ1) is 16.8. The smallest absolute Gasteiger partial charge is 0.412 e. The van der Waals surface area contributed by atoms with Crippen LogP contribution in [0, 0.1) is 0 Å². The Morgan fingerprint density at radius 3 is 2.72 bits per heavy atom. The predicted octanol–water partition coefficient (Wildman–Crippen LogP) is 3.41. The van der Waals surface area contributed by atoms with E-state index in [9.17, 15) is 9.59 Å². The second kappa shape index (κ2) is 7.23. The Kier molecular flexibility index (Phi) is 4.85. The molecule has 1 aromatic heterocycles. The van der Waals surface area contributed by atoms with Crippen molar-refractivity contribution >= 4 is 40.3 Å². The van der Waals surface area contributed by atoms with Crippen LogP contribution in [0.2, 0.25) is 5.02 Å². The van der Waals surface area contributed by atoms with Crippen molar-refractivity contribution < 1.29 is 19.2 Å². The van der Waals surface area contributed by atoms with Gasteiger partial charge in [0.25, 0.3) is 0 Å². The summed E-state index contributed by atoms with van der Waals surface area (Å²) in [4.78, 5) is 28.8. The molecule has 0 radical (unpaired) electrons. The van der Waals surface area contributed by atoms with Crippen LogP contribution in [0.3, 0.4) is 0 Å². The van der Waals surface area contributed by atoms with Gasteiger partial charge in [0.2, 0.25) is 0 Å². The fraction of sp³-hybridized carbons (Fsp3) is 0.118. The van der Waals surface area contributed by atoms with Crippen molar-refractivity contribution in [1.82, 2.24) is 9.94 Å². The van der Waals surface area contributed by atoms with Crippen LogP contribution in [0.15, 0.2) is 48.7 Å². The van der Waals surface area contributed by atoms with Gasteiger partial charge in [0.05, 0.1) is 22.4 Å². The van der Waals surface area contributed by atoms with Crippen LogP contribution in [0.5, 0.6) is 0 Å². The Labute approximate surface area is 148 Å². The molecule has 0 saturated heterocycles. The van der Waals surface area contributed by atoms with E-state index in [-0.39, 0.29) is 11.6 Å². The number of hydrogen-bond acceptors (Lipinski definition) is 5. The van der Waals surface area contributed by atoms with Gasteiger partial charge in [-0.3, -0.25) is 5.32 Å². The van der Waals surface area contributed by atoms with Crippen LogP contribution < -0.4 is 10.2 Å². The quantitative estimate of drug-likeness (QED) is 0.771. The minimum atomic E-state index is -0.627. The highest BCUT2D eigenvalue weighted by Crippen LogP contribution is 2.27. The second-order valence-electron chi connectivity index (χ2n) is 5.19. The predicted molar refractivity (Wildman–Crippen MR) is 92.3 cm³/mol. The lowest BCUT2D eigenvalue weighted by Crippen LogP contribution is -2.16. The Balaban J connectivity index is 1.70. The van der Waals surface area contributed by atoms with E-state index in [0.29, 0.717) is 16.6 Å². The number of carbonyl (C=O) groups excluding carboxylic acids is 2. The first-order valence-corrected chi connectivity index (χ1v) is 7.74. The average Bonchev–Trinajstić information content (AvgIpc) is 2.94. The highest BCUT2D eigenvalue weighted by molar-refractivity contribution is 6.34. The monoisotopic (exact) mass is 359 g/mol. The minimum Gasteiger partial charge on any atom is -0.444 e. The van der Waals surface area contributed by atoms with Gasteiger partial charge in [0, 0.05) is 12.3 Å². The summed E-state index contributed by atoms with van der Waals surface area (Å²) >= 11 is 6.15. The van der Waals surface area contributed by atoms with E-state index in [2.05, 4.69) is 10.4 Å². The van der Waals surface area contributed by atoms with Gasteiger partial charge in [0.15, 0.2) is 0 Å². The lowest BCUT2D eigenvalue weighted by Gasteiger charge is -2.08. The molecule has 0 aliphatic carbocycles. The summed E-state index contributed by atoms with van der Waals surface area (Å²) in [6, 6.07) is 12.5. The lowest BCUT2D eigenvalue weighted by molar-refractivity contribution is -0.142. The maximum absolute atomic E-state index is 11.9. The molecule has 0 bridgehead atoms.